The quantitative estimate of drug-likeness (QED) is 0.769. The second-order valence-corrected chi connectivity index (χ2v) is 9.20. The molecule has 0 unspecified atom stereocenters. The van der Waals surface area contributed by atoms with Gasteiger partial charge in [-0.05, 0) is 32.6 Å². The van der Waals surface area contributed by atoms with Crippen molar-refractivity contribution < 1.29 is 9.53 Å². The van der Waals surface area contributed by atoms with E-state index in [0.29, 0.717) is 12.3 Å². The van der Waals surface area contributed by atoms with Gasteiger partial charge in [-0.1, -0.05) is 0 Å². The van der Waals surface area contributed by atoms with Gasteiger partial charge < -0.3 is 9.64 Å². The SMILES string of the molecule is Cc1c(CN2CCC3(CC2)Cc2c(c(C(=O)N4CCCC4)nn2C)CO3)cnn1C. The molecule has 0 aliphatic carbocycles. The number of rotatable bonds is 3. The highest BCUT2D eigenvalue weighted by Gasteiger charge is 2.42. The number of carbonyl (C=O) groups excluding carboxylic acids is 1. The molecular formula is C22H32N6O2. The number of hydrogen-bond donors (Lipinski definition) is 0. The van der Waals surface area contributed by atoms with Crippen LogP contribution in [0.1, 0.15) is 58.7 Å². The van der Waals surface area contributed by atoms with Crippen molar-refractivity contribution >= 4 is 5.91 Å². The summed E-state index contributed by atoms with van der Waals surface area (Å²) < 4.78 is 10.3. The smallest absolute Gasteiger partial charge is 0.274 e. The maximum absolute atomic E-state index is 12.9. The summed E-state index contributed by atoms with van der Waals surface area (Å²) in [7, 11) is 3.97. The van der Waals surface area contributed by atoms with Crippen LogP contribution in [-0.4, -0.2) is 67.0 Å². The van der Waals surface area contributed by atoms with Gasteiger partial charge in [0.1, 0.15) is 0 Å². The summed E-state index contributed by atoms with van der Waals surface area (Å²) >= 11 is 0. The van der Waals surface area contributed by atoms with Crippen LogP contribution in [0, 0.1) is 6.92 Å². The lowest BCUT2D eigenvalue weighted by Crippen LogP contribution is -2.49. The highest BCUT2D eigenvalue weighted by atomic mass is 16.5. The first kappa shape index (κ1) is 19.8. The van der Waals surface area contributed by atoms with Crippen molar-refractivity contribution in [2.45, 2.75) is 57.8 Å². The molecule has 2 aromatic heterocycles. The van der Waals surface area contributed by atoms with Gasteiger partial charge in [-0.15, -0.1) is 0 Å². The fourth-order valence-corrected chi connectivity index (χ4v) is 5.18. The summed E-state index contributed by atoms with van der Waals surface area (Å²) in [5.41, 5.74) is 5.20. The van der Waals surface area contributed by atoms with Crippen LogP contribution in [0.2, 0.25) is 0 Å². The standard InChI is InChI=1S/C22H32N6O2/c1-16-17(13-23-25(16)2)14-27-10-6-22(7-11-27)12-19-18(15-30-22)20(24-26(19)3)21(29)28-8-4-5-9-28/h13H,4-12,14-15H2,1-3H3. The number of amides is 1. The molecular weight excluding hydrogens is 380 g/mol. The molecule has 0 atom stereocenters. The molecule has 162 valence electrons. The molecule has 8 nitrogen and oxygen atoms in total. The lowest BCUT2D eigenvalue weighted by Gasteiger charge is -2.44. The number of likely N-dealkylation sites (tertiary alicyclic amines) is 2. The Labute approximate surface area is 177 Å². The van der Waals surface area contributed by atoms with Crippen LogP contribution < -0.4 is 0 Å². The number of carbonyl (C=O) groups is 1. The van der Waals surface area contributed by atoms with Crippen LogP contribution in [0.25, 0.3) is 0 Å². The molecule has 0 N–H and O–H groups in total. The van der Waals surface area contributed by atoms with E-state index in [1.165, 1.54) is 17.0 Å². The molecule has 2 aromatic rings. The molecule has 5 rings (SSSR count). The van der Waals surface area contributed by atoms with E-state index in [4.69, 9.17) is 4.74 Å². The van der Waals surface area contributed by atoms with Crippen LogP contribution in [0.3, 0.4) is 0 Å². The van der Waals surface area contributed by atoms with Gasteiger partial charge in [0.05, 0.1) is 18.4 Å². The Hall–Kier alpha value is -2.19. The van der Waals surface area contributed by atoms with Gasteiger partial charge in [0.2, 0.25) is 0 Å². The Kier molecular flexibility index (Phi) is 4.94. The first-order valence-corrected chi connectivity index (χ1v) is 11.1. The minimum atomic E-state index is -0.130. The van der Waals surface area contributed by atoms with Crippen LogP contribution in [0.15, 0.2) is 6.20 Å². The van der Waals surface area contributed by atoms with Crippen molar-refractivity contribution in [1.29, 1.82) is 0 Å². The van der Waals surface area contributed by atoms with E-state index in [1.807, 2.05) is 34.6 Å². The summed E-state index contributed by atoms with van der Waals surface area (Å²) in [5, 5.41) is 8.99. The Bertz CT molecular complexity index is 947. The molecule has 3 aliphatic rings. The first-order valence-electron chi connectivity index (χ1n) is 11.1. The highest BCUT2D eigenvalue weighted by Crippen LogP contribution is 2.38. The normalized spacial score (nSPS) is 21.4. The topological polar surface area (TPSA) is 68.4 Å². The van der Waals surface area contributed by atoms with Crippen LogP contribution in [0.4, 0.5) is 0 Å². The third kappa shape index (κ3) is 3.36. The average Bonchev–Trinajstić information content (AvgIpc) is 3.47. The summed E-state index contributed by atoms with van der Waals surface area (Å²) in [6.45, 7) is 7.30. The third-order valence-corrected chi connectivity index (χ3v) is 7.38. The minimum Gasteiger partial charge on any atom is -0.370 e. The Morgan fingerprint density at radius 3 is 2.53 bits per heavy atom. The lowest BCUT2D eigenvalue weighted by atomic mass is 9.83. The predicted molar refractivity (Wildman–Crippen MR) is 112 cm³/mol. The molecule has 0 bridgehead atoms. The zero-order valence-electron chi connectivity index (χ0n) is 18.4. The van der Waals surface area contributed by atoms with Crippen molar-refractivity contribution in [2.24, 2.45) is 14.1 Å². The zero-order chi connectivity index (χ0) is 20.9. The largest absolute Gasteiger partial charge is 0.370 e. The predicted octanol–water partition coefficient (Wildman–Crippen LogP) is 1.81. The third-order valence-electron chi connectivity index (χ3n) is 7.38. The van der Waals surface area contributed by atoms with E-state index >= 15 is 0 Å². The van der Waals surface area contributed by atoms with Crippen molar-refractivity contribution in [3.63, 3.8) is 0 Å². The van der Waals surface area contributed by atoms with Crippen molar-refractivity contribution in [3.8, 4) is 0 Å². The Balaban J connectivity index is 1.27. The molecule has 0 aromatic carbocycles. The van der Waals surface area contributed by atoms with Gasteiger partial charge in [-0.25, -0.2) is 0 Å². The number of aromatic nitrogens is 4. The summed E-state index contributed by atoms with van der Waals surface area (Å²) in [4.78, 5) is 17.4. The molecule has 5 heterocycles. The molecule has 0 saturated carbocycles. The van der Waals surface area contributed by atoms with Crippen LogP contribution in [-0.2, 0) is 38.4 Å². The molecule has 0 radical (unpaired) electrons. The Morgan fingerprint density at radius 2 is 1.87 bits per heavy atom. The number of piperidine rings is 1. The van der Waals surface area contributed by atoms with Crippen LogP contribution in [0.5, 0.6) is 0 Å². The fraction of sp³-hybridized carbons (Fsp3) is 0.682. The van der Waals surface area contributed by atoms with Gasteiger partial charge in [-0.3, -0.25) is 19.1 Å². The second-order valence-electron chi connectivity index (χ2n) is 9.20. The van der Waals surface area contributed by atoms with Crippen molar-refractivity contribution in [1.82, 2.24) is 29.4 Å². The molecule has 3 aliphatic heterocycles. The average molecular weight is 413 g/mol. The molecule has 2 fully saturated rings. The van der Waals surface area contributed by atoms with E-state index in [1.54, 1.807) is 0 Å². The summed E-state index contributed by atoms with van der Waals surface area (Å²) in [6, 6.07) is 0. The van der Waals surface area contributed by atoms with Gasteiger partial charge in [-0.2, -0.15) is 10.2 Å². The van der Waals surface area contributed by atoms with Crippen molar-refractivity contribution in [2.75, 3.05) is 26.2 Å². The molecule has 1 spiro atoms. The van der Waals surface area contributed by atoms with Gasteiger partial charge in [0.15, 0.2) is 5.69 Å². The first-order chi connectivity index (χ1) is 14.5. The maximum Gasteiger partial charge on any atom is 0.274 e. The minimum absolute atomic E-state index is 0.0746. The zero-order valence-corrected chi connectivity index (χ0v) is 18.4. The number of ether oxygens (including phenoxy) is 1. The van der Waals surface area contributed by atoms with Gasteiger partial charge >= 0.3 is 0 Å². The van der Waals surface area contributed by atoms with E-state index in [2.05, 4.69) is 22.0 Å². The number of hydrogen-bond acceptors (Lipinski definition) is 5. The van der Waals surface area contributed by atoms with Crippen molar-refractivity contribution in [3.05, 3.63) is 34.4 Å². The number of nitrogens with zero attached hydrogens (tertiary/aromatic N) is 6. The molecule has 1 amide bonds. The fourth-order valence-electron chi connectivity index (χ4n) is 5.18. The van der Waals surface area contributed by atoms with Gasteiger partial charge in [0.25, 0.3) is 5.91 Å². The highest BCUT2D eigenvalue weighted by molar-refractivity contribution is 5.94. The van der Waals surface area contributed by atoms with E-state index < -0.39 is 0 Å². The monoisotopic (exact) mass is 412 g/mol. The van der Waals surface area contributed by atoms with E-state index in [9.17, 15) is 4.79 Å². The summed E-state index contributed by atoms with van der Waals surface area (Å²) in [6.07, 6.45) is 7.03. The molecule has 2 saturated heterocycles. The lowest BCUT2D eigenvalue weighted by molar-refractivity contribution is -0.104. The Morgan fingerprint density at radius 1 is 1.13 bits per heavy atom. The van der Waals surface area contributed by atoms with E-state index in [0.717, 1.165) is 70.4 Å². The van der Waals surface area contributed by atoms with Crippen LogP contribution >= 0.6 is 0 Å². The summed E-state index contributed by atoms with van der Waals surface area (Å²) in [5.74, 6) is 0.0746. The number of aryl methyl sites for hydroxylation is 2. The van der Waals surface area contributed by atoms with E-state index in [-0.39, 0.29) is 11.5 Å². The van der Waals surface area contributed by atoms with Gasteiger partial charge in [0, 0.05) is 75.8 Å². The molecule has 8 heteroatoms. The molecule has 30 heavy (non-hydrogen) atoms. The second kappa shape index (κ2) is 7.50. The maximum atomic E-state index is 12.9. The number of fused-ring (bicyclic) bond motifs is 1.